The van der Waals surface area contributed by atoms with Crippen molar-refractivity contribution in [3.8, 4) is 0 Å². The third-order valence-corrected chi connectivity index (χ3v) is 4.77. The maximum absolute atomic E-state index is 12.6. The van der Waals surface area contributed by atoms with E-state index >= 15 is 0 Å². The molecule has 0 saturated carbocycles. The molecular weight excluding hydrogens is 318 g/mol. The predicted octanol–water partition coefficient (Wildman–Crippen LogP) is 1.45. The Morgan fingerprint density at radius 2 is 1.68 bits per heavy atom. The van der Waals surface area contributed by atoms with Crippen LogP contribution in [0, 0.1) is 0 Å². The zero-order valence-corrected chi connectivity index (χ0v) is 13.6. The first-order valence-electron chi connectivity index (χ1n) is 8.15. The SMILES string of the molecule is Nc1ccc2c(c1)CN(C(=O)CN1C(=O)c3ccccc3C1=O)CC2. The van der Waals surface area contributed by atoms with Gasteiger partial charge in [-0.2, -0.15) is 0 Å². The van der Waals surface area contributed by atoms with Crippen molar-refractivity contribution in [1.29, 1.82) is 0 Å². The fraction of sp³-hybridized carbons (Fsp3) is 0.211. The summed E-state index contributed by atoms with van der Waals surface area (Å²) in [7, 11) is 0. The second-order valence-electron chi connectivity index (χ2n) is 6.34. The van der Waals surface area contributed by atoms with Gasteiger partial charge in [0.15, 0.2) is 0 Å². The van der Waals surface area contributed by atoms with Crippen molar-refractivity contribution < 1.29 is 14.4 Å². The van der Waals surface area contributed by atoms with Crippen LogP contribution < -0.4 is 5.73 Å². The van der Waals surface area contributed by atoms with Crippen molar-refractivity contribution in [1.82, 2.24) is 9.80 Å². The van der Waals surface area contributed by atoms with Crippen LogP contribution in [0.2, 0.25) is 0 Å². The van der Waals surface area contributed by atoms with Crippen molar-refractivity contribution >= 4 is 23.4 Å². The first-order valence-corrected chi connectivity index (χ1v) is 8.15. The summed E-state index contributed by atoms with van der Waals surface area (Å²) in [5, 5.41) is 0. The highest BCUT2D eigenvalue weighted by molar-refractivity contribution is 6.22. The van der Waals surface area contributed by atoms with Gasteiger partial charge in [0.25, 0.3) is 11.8 Å². The second-order valence-corrected chi connectivity index (χ2v) is 6.34. The van der Waals surface area contributed by atoms with Gasteiger partial charge in [-0.25, -0.2) is 0 Å². The third-order valence-electron chi connectivity index (χ3n) is 4.77. The number of imide groups is 1. The molecule has 25 heavy (non-hydrogen) atoms. The Morgan fingerprint density at radius 1 is 1.00 bits per heavy atom. The van der Waals surface area contributed by atoms with Gasteiger partial charge in [0.2, 0.25) is 5.91 Å². The molecule has 2 heterocycles. The molecule has 0 aromatic heterocycles. The maximum atomic E-state index is 12.6. The Bertz CT molecular complexity index is 872. The fourth-order valence-electron chi connectivity index (χ4n) is 3.41. The predicted molar refractivity (Wildman–Crippen MR) is 91.8 cm³/mol. The van der Waals surface area contributed by atoms with Gasteiger partial charge in [-0.3, -0.25) is 19.3 Å². The molecule has 2 aromatic carbocycles. The van der Waals surface area contributed by atoms with Crippen molar-refractivity contribution in [2.45, 2.75) is 13.0 Å². The van der Waals surface area contributed by atoms with E-state index in [0.717, 1.165) is 16.9 Å². The molecular formula is C19H17N3O3. The monoisotopic (exact) mass is 335 g/mol. The second kappa shape index (κ2) is 5.73. The first-order chi connectivity index (χ1) is 12.0. The Kier molecular flexibility index (Phi) is 3.53. The molecule has 6 nitrogen and oxygen atoms in total. The van der Waals surface area contributed by atoms with E-state index < -0.39 is 11.8 Å². The van der Waals surface area contributed by atoms with E-state index in [9.17, 15) is 14.4 Å². The zero-order valence-electron chi connectivity index (χ0n) is 13.6. The van der Waals surface area contributed by atoms with E-state index in [0.29, 0.717) is 29.9 Å². The molecule has 6 heteroatoms. The smallest absolute Gasteiger partial charge is 0.262 e. The molecule has 3 amide bonds. The van der Waals surface area contributed by atoms with Crippen molar-refractivity contribution in [3.63, 3.8) is 0 Å². The van der Waals surface area contributed by atoms with Crippen LogP contribution in [0.3, 0.4) is 0 Å². The topological polar surface area (TPSA) is 83.7 Å². The first kappa shape index (κ1) is 15.4. The highest BCUT2D eigenvalue weighted by Gasteiger charge is 2.37. The minimum absolute atomic E-state index is 0.232. The molecule has 4 rings (SSSR count). The van der Waals surface area contributed by atoms with Gasteiger partial charge in [0.05, 0.1) is 11.1 Å². The number of benzene rings is 2. The van der Waals surface area contributed by atoms with Crippen molar-refractivity contribution in [2.24, 2.45) is 0 Å². The van der Waals surface area contributed by atoms with E-state index in [1.807, 2.05) is 18.2 Å². The van der Waals surface area contributed by atoms with Crippen molar-refractivity contribution in [2.75, 3.05) is 18.8 Å². The van der Waals surface area contributed by atoms with Gasteiger partial charge >= 0.3 is 0 Å². The molecule has 0 bridgehead atoms. The van der Waals surface area contributed by atoms with Crippen LogP contribution in [-0.2, 0) is 17.8 Å². The number of nitrogen functional groups attached to an aromatic ring is 1. The summed E-state index contributed by atoms with van der Waals surface area (Å²) in [4.78, 5) is 40.1. The summed E-state index contributed by atoms with van der Waals surface area (Å²) in [6.07, 6.45) is 0.740. The molecule has 0 atom stereocenters. The van der Waals surface area contributed by atoms with Gasteiger partial charge in [-0.1, -0.05) is 18.2 Å². The molecule has 2 aromatic rings. The van der Waals surface area contributed by atoms with Crippen LogP contribution in [0.4, 0.5) is 5.69 Å². The van der Waals surface area contributed by atoms with Gasteiger partial charge in [0.1, 0.15) is 6.54 Å². The summed E-state index contributed by atoms with van der Waals surface area (Å²) < 4.78 is 0. The fourth-order valence-corrected chi connectivity index (χ4v) is 3.41. The lowest BCUT2D eigenvalue weighted by atomic mass is 9.99. The van der Waals surface area contributed by atoms with Gasteiger partial charge in [0, 0.05) is 18.8 Å². The largest absolute Gasteiger partial charge is 0.399 e. The quantitative estimate of drug-likeness (QED) is 0.665. The Labute approximate surface area is 144 Å². The highest BCUT2D eigenvalue weighted by Crippen LogP contribution is 2.24. The average Bonchev–Trinajstić information content (AvgIpc) is 2.86. The summed E-state index contributed by atoms with van der Waals surface area (Å²) in [5.74, 6) is -1.05. The standard InChI is InChI=1S/C19H17N3O3/c20-14-6-5-12-7-8-21(10-13(12)9-14)17(23)11-22-18(24)15-3-1-2-4-16(15)19(22)25/h1-6,9H,7-8,10-11,20H2. The molecule has 0 spiro atoms. The summed E-state index contributed by atoms with van der Waals surface area (Å²) in [6.45, 7) is 0.783. The lowest BCUT2D eigenvalue weighted by Crippen LogP contribution is -2.44. The van der Waals surface area contributed by atoms with E-state index in [2.05, 4.69) is 0 Å². The molecule has 2 aliphatic heterocycles. The van der Waals surface area contributed by atoms with Crippen LogP contribution in [0.25, 0.3) is 0 Å². The molecule has 0 saturated heterocycles. The summed E-state index contributed by atoms with van der Waals surface area (Å²) in [5.41, 5.74) is 9.39. The molecule has 126 valence electrons. The van der Waals surface area contributed by atoms with Crippen molar-refractivity contribution in [3.05, 3.63) is 64.7 Å². The third kappa shape index (κ3) is 2.55. The van der Waals surface area contributed by atoms with E-state index in [1.54, 1.807) is 29.2 Å². The molecule has 0 unspecified atom stereocenters. The van der Waals surface area contributed by atoms with Gasteiger partial charge in [-0.05, 0) is 41.8 Å². The molecule has 2 N–H and O–H groups in total. The van der Waals surface area contributed by atoms with E-state index in [-0.39, 0.29) is 12.5 Å². The Hall–Kier alpha value is -3.15. The normalized spacial score (nSPS) is 16.0. The average molecular weight is 335 g/mol. The minimum atomic E-state index is -0.407. The minimum Gasteiger partial charge on any atom is -0.399 e. The summed E-state index contributed by atoms with van der Waals surface area (Å²) in [6, 6.07) is 12.4. The zero-order chi connectivity index (χ0) is 17.6. The molecule has 0 aliphatic carbocycles. The number of hydrogen-bond acceptors (Lipinski definition) is 4. The number of carbonyl (C=O) groups excluding carboxylic acids is 3. The summed E-state index contributed by atoms with van der Waals surface area (Å²) >= 11 is 0. The number of fused-ring (bicyclic) bond motifs is 2. The van der Waals surface area contributed by atoms with E-state index in [1.165, 1.54) is 5.56 Å². The number of nitrogens with zero attached hydrogens (tertiary/aromatic N) is 2. The lowest BCUT2D eigenvalue weighted by molar-refractivity contribution is -0.132. The lowest BCUT2D eigenvalue weighted by Gasteiger charge is -2.30. The number of amides is 3. The van der Waals surface area contributed by atoms with Crippen LogP contribution in [0.5, 0.6) is 0 Å². The number of hydrogen-bond donors (Lipinski definition) is 1. The van der Waals surface area contributed by atoms with E-state index in [4.69, 9.17) is 5.73 Å². The number of nitrogens with two attached hydrogens (primary N) is 1. The number of anilines is 1. The Morgan fingerprint density at radius 3 is 2.36 bits per heavy atom. The number of rotatable bonds is 2. The maximum Gasteiger partial charge on any atom is 0.262 e. The van der Waals surface area contributed by atoms with Crippen LogP contribution >= 0.6 is 0 Å². The molecule has 2 aliphatic rings. The number of carbonyl (C=O) groups is 3. The van der Waals surface area contributed by atoms with Crippen LogP contribution in [-0.4, -0.2) is 40.6 Å². The van der Waals surface area contributed by atoms with Crippen LogP contribution in [0.15, 0.2) is 42.5 Å². The molecule has 0 radical (unpaired) electrons. The highest BCUT2D eigenvalue weighted by atomic mass is 16.2. The van der Waals surface area contributed by atoms with Gasteiger partial charge < -0.3 is 10.6 Å². The Balaban J connectivity index is 1.50. The molecule has 0 fully saturated rings. The van der Waals surface area contributed by atoms with Crippen LogP contribution in [0.1, 0.15) is 31.8 Å². The van der Waals surface area contributed by atoms with Gasteiger partial charge in [-0.15, -0.1) is 0 Å².